The summed E-state index contributed by atoms with van der Waals surface area (Å²) in [6.07, 6.45) is 3.46. The number of halogens is 2. The second kappa shape index (κ2) is 10.6. The van der Waals surface area contributed by atoms with E-state index in [2.05, 4.69) is 15.0 Å². The van der Waals surface area contributed by atoms with E-state index in [0.29, 0.717) is 36.9 Å². The standard InChI is InChI=1S/C26H27F2N3O3S/c1-17(18-5-9-21(27)10-6-18)30-26(32)19-7-11-23(12-8-19)31-35(33,34)24-13-14-25(29-16-24)20-3-2-4-22(28)15-20/h2-6,9-10,13-17,19,23,31H,7-8,11-12H2,1H3,(H,30,32)/t17-,19?,23?/m1/s1. The Balaban J connectivity index is 1.30. The van der Waals surface area contributed by atoms with Gasteiger partial charge in [-0.15, -0.1) is 0 Å². The third-order valence-corrected chi connectivity index (χ3v) is 7.82. The van der Waals surface area contributed by atoms with Gasteiger partial charge in [-0.3, -0.25) is 9.78 Å². The van der Waals surface area contributed by atoms with E-state index in [-0.39, 0.29) is 34.6 Å². The highest BCUT2D eigenvalue weighted by Crippen LogP contribution is 2.27. The van der Waals surface area contributed by atoms with Gasteiger partial charge < -0.3 is 5.32 Å². The average Bonchev–Trinajstić information content (AvgIpc) is 2.84. The summed E-state index contributed by atoms with van der Waals surface area (Å²) in [5.74, 6) is -1.01. The molecule has 1 saturated carbocycles. The molecule has 0 unspecified atom stereocenters. The summed E-state index contributed by atoms with van der Waals surface area (Å²) in [7, 11) is -3.78. The van der Waals surface area contributed by atoms with E-state index >= 15 is 0 Å². The zero-order valence-electron chi connectivity index (χ0n) is 19.2. The lowest BCUT2D eigenvalue weighted by Gasteiger charge is -2.29. The topological polar surface area (TPSA) is 88.2 Å². The molecule has 184 valence electrons. The summed E-state index contributed by atoms with van der Waals surface area (Å²) in [6.45, 7) is 1.85. The molecular weight excluding hydrogens is 472 g/mol. The second-order valence-electron chi connectivity index (χ2n) is 8.84. The summed E-state index contributed by atoms with van der Waals surface area (Å²) < 4.78 is 54.9. The number of nitrogens with zero attached hydrogens (tertiary/aromatic N) is 1. The molecule has 1 aromatic heterocycles. The molecule has 2 N–H and O–H groups in total. The van der Waals surface area contributed by atoms with Gasteiger partial charge in [0.1, 0.15) is 16.5 Å². The molecule has 0 radical (unpaired) electrons. The van der Waals surface area contributed by atoms with Crippen LogP contribution >= 0.6 is 0 Å². The minimum Gasteiger partial charge on any atom is -0.349 e. The number of benzene rings is 2. The molecule has 0 bridgehead atoms. The number of pyridine rings is 1. The summed E-state index contributed by atoms with van der Waals surface area (Å²) in [4.78, 5) is 16.9. The van der Waals surface area contributed by atoms with Crippen LogP contribution in [0.1, 0.15) is 44.2 Å². The molecule has 1 aliphatic carbocycles. The minimum atomic E-state index is -3.78. The highest BCUT2D eigenvalue weighted by Gasteiger charge is 2.30. The van der Waals surface area contributed by atoms with Gasteiger partial charge in [0, 0.05) is 23.7 Å². The summed E-state index contributed by atoms with van der Waals surface area (Å²) in [5, 5.41) is 2.96. The lowest BCUT2D eigenvalue weighted by molar-refractivity contribution is -0.126. The van der Waals surface area contributed by atoms with Gasteiger partial charge >= 0.3 is 0 Å². The quantitative estimate of drug-likeness (QED) is 0.492. The van der Waals surface area contributed by atoms with Crippen molar-refractivity contribution in [2.75, 3.05) is 0 Å². The van der Waals surface area contributed by atoms with Crippen LogP contribution in [0.15, 0.2) is 71.8 Å². The number of rotatable bonds is 7. The third-order valence-electron chi connectivity index (χ3n) is 6.32. The summed E-state index contributed by atoms with van der Waals surface area (Å²) >= 11 is 0. The highest BCUT2D eigenvalue weighted by molar-refractivity contribution is 7.89. The van der Waals surface area contributed by atoms with E-state index < -0.39 is 15.8 Å². The molecule has 6 nitrogen and oxygen atoms in total. The van der Waals surface area contributed by atoms with Crippen molar-refractivity contribution in [2.24, 2.45) is 5.92 Å². The van der Waals surface area contributed by atoms with Gasteiger partial charge in [0.2, 0.25) is 15.9 Å². The Bertz CT molecular complexity index is 1270. The fourth-order valence-electron chi connectivity index (χ4n) is 4.28. The van der Waals surface area contributed by atoms with Gasteiger partial charge in [-0.05, 0) is 74.6 Å². The second-order valence-corrected chi connectivity index (χ2v) is 10.6. The first-order valence-electron chi connectivity index (χ1n) is 11.5. The third kappa shape index (κ3) is 6.29. The van der Waals surface area contributed by atoms with Crippen molar-refractivity contribution >= 4 is 15.9 Å². The Labute approximate surface area is 203 Å². The minimum absolute atomic E-state index is 0.0330. The van der Waals surface area contributed by atoms with Crippen molar-refractivity contribution in [2.45, 2.75) is 49.6 Å². The van der Waals surface area contributed by atoms with E-state index in [4.69, 9.17) is 0 Å². The van der Waals surface area contributed by atoms with Crippen LogP contribution in [0.3, 0.4) is 0 Å². The Kier molecular flexibility index (Phi) is 7.57. The van der Waals surface area contributed by atoms with Gasteiger partial charge in [-0.1, -0.05) is 24.3 Å². The Hall–Kier alpha value is -3.17. The molecule has 1 amide bonds. The van der Waals surface area contributed by atoms with Crippen LogP contribution in [-0.4, -0.2) is 25.4 Å². The number of sulfonamides is 1. The molecule has 2 aromatic carbocycles. The van der Waals surface area contributed by atoms with Crippen LogP contribution in [0.5, 0.6) is 0 Å². The maximum atomic E-state index is 13.4. The first kappa shape index (κ1) is 24.9. The van der Waals surface area contributed by atoms with E-state index in [1.165, 1.54) is 36.5 Å². The average molecular weight is 500 g/mol. The first-order chi connectivity index (χ1) is 16.7. The largest absolute Gasteiger partial charge is 0.349 e. The van der Waals surface area contributed by atoms with Crippen molar-refractivity contribution in [3.05, 3.63) is 84.1 Å². The zero-order valence-corrected chi connectivity index (χ0v) is 20.1. The Morgan fingerprint density at radius 1 is 0.971 bits per heavy atom. The van der Waals surface area contributed by atoms with Crippen LogP contribution < -0.4 is 10.0 Å². The smallest absolute Gasteiger partial charge is 0.242 e. The van der Waals surface area contributed by atoms with E-state index in [0.717, 1.165) is 5.56 Å². The molecule has 35 heavy (non-hydrogen) atoms. The number of carbonyl (C=O) groups excluding carboxylic acids is 1. The lowest BCUT2D eigenvalue weighted by Crippen LogP contribution is -2.41. The molecule has 9 heteroatoms. The van der Waals surface area contributed by atoms with Crippen LogP contribution in [-0.2, 0) is 14.8 Å². The SMILES string of the molecule is C[C@@H](NC(=O)C1CCC(NS(=O)(=O)c2ccc(-c3cccc(F)c3)nc2)CC1)c1ccc(F)cc1. The molecule has 0 aliphatic heterocycles. The number of nitrogens with one attached hydrogen (secondary N) is 2. The van der Waals surface area contributed by atoms with E-state index in [1.54, 1.807) is 30.3 Å². The van der Waals surface area contributed by atoms with Gasteiger partial charge in [-0.25, -0.2) is 21.9 Å². The predicted octanol–water partition coefficient (Wildman–Crippen LogP) is 4.74. The van der Waals surface area contributed by atoms with Crippen molar-refractivity contribution in [3.63, 3.8) is 0 Å². The molecule has 4 rings (SSSR count). The van der Waals surface area contributed by atoms with Gasteiger partial charge in [-0.2, -0.15) is 0 Å². The normalized spacial score (nSPS) is 19.2. The molecular formula is C26H27F2N3O3S. The van der Waals surface area contributed by atoms with Crippen molar-refractivity contribution < 1.29 is 22.0 Å². The molecule has 1 heterocycles. The van der Waals surface area contributed by atoms with Crippen LogP contribution in [0.25, 0.3) is 11.3 Å². The summed E-state index contributed by atoms with van der Waals surface area (Å²) in [5.41, 5.74) is 1.86. The molecule has 3 aromatic rings. The maximum Gasteiger partial charge on any atom is 0.242 e. The molecule has 1 fully saturated rings. The van der Waals surface area contributed by atoms with Crippen molar-refractivity contribution in [1.29, 1.82) is 0 Å². The molecule has 1 atom stereocenters. The molecule has 1 aliphatic rings. The Morgan fingerprint density at radius 2 is 1.69 bits per heavy atom. The van der Waals surface area contributed by atoms with Crippen molar-refractivity contribution in [1.82, 2.24) is 15.0 Å². The predicted molar refractivity (Wildman–Crippen MR) is 129 cm³/mol. The monoisotopic (exact) mass is 499 g/mol. The van der Waals surface area contributed by atoms with Crippen LogP contribution in [0.4, 0.5) is 8.78 Å². The van der Waals surface area contributed by atoms with Gasteiger partial charge in [0.15, 0.2) is 0 Å². The van der Waals surface area contributed by atoms with E-state index in [9.17, 15) is 22.0 Å². The maximum absolute atomic E-state index is 13.4. The first-order valence-corrected chi connectivity index (χ1v) is 13.0. The number of aromatic nitrogens is 1. The fourth-order valence-corrected chi connectivity index (χ4v) is 5.53. The number of carbonyl (C=O) groups is 1. The lowest BCUT2D eigenvalue weighted by atomic mass is 9.85. The fraction of sp³-hybridized carbons (Fsp3) is 0.308. The molecule has 0 saturated heterocycles. The van der Waals surface area contributed by atoms with Gasteiger partial charge in [0.05, 0.1) is 11.7 Å². The molecule has 0 spiro atoms. The Morgan fingerprint density at radius 3 is 2.31 bits per heavy atom. The van der Waals surface area contributed by atoms with Crippen LogP contribution in [0, 0.1) is 17.6 Å². The van der Waals surface area contributed by atoms with Crippen molar-refractivity contribution in [3.8, 4) is 11.3 Å². The van der Waals surface area contributed by atoms with E-state index in [1.807, 2.05) is 6.92 Å². The van der Waals surface area contributed by atoms with Crippen LogP contribution in [0.2, 0.25) is 0 Å². The van der Waals surface area contributed by atoms with Gasteiger partial charge in [0.25, 0.3) is 0 Å². The highest BCUT2D eigenvalue weighted by atomic mass is 32.2. The summed E-state index contributed by atoms with van der Waals surface area (Å²) in [6, 6.07) is 14.4. The number of hydrogen-bond donors (Lipinski definition) is 2. The zero-order chi connectivity index (χ0) is 25.0. The number of hydrogen-bond acceptors (Lipinski definition) is 4. The number of amides is 1.